The number of aliphatic hydroxyl groups is 1. The van der Waals surface area contributed by atoms with Crippen molar-refractivity contribution in [3.8, 4) is 0 Å². The second kappa shape index (κ2) is 7.86. The zero-order valence-corrected chi connectivity index (χ0v) is 21.1. The molecule has 4 rings (SSSR count). The van der Waals surface area contributed by atoms with Crippen molar-refractivity contribution in [3.05, 3.63) is 23.3 Å². The Morgan fingerprint density at radius 3 is 2.61 bits per heavy atom. The highest BCUT2D eigenvalue weighted by molar-refractivity contribution is 5.89. The van der Waals surface area contributed by atoms with E-state index in [1.165, 1.54) is 36.8 Å². The van der Waals surface area contributed by atoms with Gasteiger partial charge in [-0.2, -0.15) is 0 Å². The van der Waals surface area contributed by atoms with Gasteiger partial charge in [-0.15, -0.1) is 0 Å². The van der Waals surface area contributed by atoms with E-state index in [0.29, 0.717) is 35.9 Å². The fraction of sp³-hybridized carbons (Fsp3) is 0.828. The molecule has 1 N–H and O–H groups in total. The van der Waals surface area contributed by atoms with Gasteiger partial charge < -0.3 is 5.11 Å². The summed E-state index contributed by atoms with van der Waals surface area (Å²) in [4.78, 5) is 12.7. The van der Waals surface area contributed by atoms with Crippen LogP contribution in [-0.4, -0.2) is 17.0 Å². The van der Waals surface area contributed by atoms with Crippen molar-refractivity contribution in [2.24, 2.45) is 45.8 Å². The first-order valence-electron chi connectivity index (χ1n) is 13.0. The Bertz CT molecular complexity index is 785. The molecular formula is C29H46O2. The monoisotopic (exact) mass is 426 g/mol. The summed E-state index contributed by atoms with van der Waals surface area (Å²) in [5.41, 5.74) is 2.63. The van der Waals surface area contributed by atoms with E-state index in [9.17, 15) is 9.90 Å². The predicted octanol–water partition coefficient (Wildman–Crippen LogP) is 7.12. The summed E-state index contributed by atoms with van der Waals surface area (Å²) in [6.07, 6.45) is 13.3. The van der Waals surface area contributed by atoms with Gasteiger partial charge in [0.25, 0.3) is 0 Å². The maximum absolute atomic E-state index is 12.7. The van der Waals surface area contributed by atoms with Crippen LogP contribution in [0.15, 0.2) is 23.3 Å². The van der Waals surface area contributed by atoms with Crippen LogP contribution < -0.4 is 0 Å². The van der Waals surface area contributed by atoms with Crippen molar-refractivity contribution in [2.75, 3.05) is 0 Å². The maximum atomic E-state index is 12.7. The molecule has 0 aromatic carbocycles. The standard InChI is InChI=1S/C29H46O2/c1-18(2)9-8-10-19(3)21-12-13-22-20-11-14-24-27(4,5)25(31)15-16-28(24,6)26(20)23(30)17-29(21,22)7/h9,14,19-23,26,30H,8,10-13,15-17H2,1-7H3/t19-,20+,21-,22+,23?,26-,28+,29-/m1/s1. The molecule has 1 unspecified atom stereocenters. The Labute approximate surface area is 191 Å². The third-order valence-electron chi connectivity index (χ3n) is 10.6. The number of carbonyl (C=O) groups excluding carboxylic acids is 1. The van der Waals surface area contributed by atoms with E-state index >= 15 is 0 Å². The largest absolute Gasteiger partial charge is 0.393 e. The molecule has 174 valence electrons. The number of hydrogen-bond acceptors (Lipinski definition) is 2. The Morgan fingerprint density at radius 2 is 1.94 bits per heavy atom. The minimum absolute atomic E-state index is 0.0196. The summed E-state index contributed by atoms with van der Waals surface area (Å²) >= 11 is 0. The molecule has 8 atom stereocenters. The summed E-state index contributed by atoms with van der Waals surface area (Å²) < 4.78 is 0. The molecule has 4 aliphatic rings. The highest BCUT2D eigenvalue weighted by Gasteiger charge is 2.63. The lowest BCUT2D eigenvalue weighted by atomic mass is 9.43. The Balaban J connectivity index is 1.61. The van der Waals surface area contributed by atoms with Gasteiger partial charge in [-0.3, -0.25) is 4.79 Å². The molecule has 0 saturated heterocycles. The smallest absolute Gasteiger partial charge is 0.142 e. The quantitative estimate of drug-likeness (QED) is 0.486. The molecule has 0 radical (unpaired) electrons. The van der Waals surface area contributed by atoms with E-state index in [2.05, 4.69) is 60.6 Å². The molecule has 0 amide bonds. The highest BCUT2D eigenvalue weighted by atomic mass is 16.3. The van der Waals surface area contributed by atoms with Crippen molar-refractivity contribution in [3.63, 3.8) is 0 Å². The molecule has 3 fully saturated rings. The SMILES string of the molecule is CC(C)=CCC[C@@H](C)[C@H]1CC[C@H]2[C@@H]3CC=C4C(C)(C)C(=O)CC[C@]4(C)[C@H]3C(O)C[C@]12C. The van der Waals surface area contributed by atoms with Crippen molar-refractivity contribution < 1.29 is 9.90 Å². The second-order valence-electron chi connectivity index (χ2n) is 12.9. The molecule has 0 heterocycles. The van der Waals surface area contributed by atoms with Gasteiger partial charge in [0.05, 0.1) is 6.10 Å². The van der Waals surface area contributed by atoms with Crippen LogP contribution in [0.4, 0.5) is 0 Å². The molecule has 0 aromatic heterocycles. The summed E-state index contributed by atoms with van der Waals surface area (Å²) in [5, 5.41) is 11.7. The van der Waals surface area contributed by atoms with Gasteiger partial charge in [-0.25, -0.2) is 0 Å². The van der Waals surface area contributed by atoms with Crippen LogP contribution in [-0.2, 0) is 4.79 Å². The molecule has 3 saturated carbocycles. The van der Waals surface area contributed by atoms with E-state index < -0.39 is 0 Å². The predicted molar refractivity (Wildman–Crippen MR) is 129 cm³/mol. The molecule has 2 heteroatoms. The first-order valence-corrected chi connectivity index (χ1v) is 13.0. The van der Waals surface area contributed by atoms with Gasteiger partial charge in [-0.05, 0) is 113 Å². The second-order valence-corrected chi connectivity index (χ2v) is 12.9. The van der Waals surface area contributed by atoms with Gasteiger partial charge in [0.1, 0.15) is 5.78 Å². The van der Waals surface area contributed by atoms with Crippen LogP contribution in [0.1, 0.15) is 99.8 Å². The highest BCUT2D eigenvalue weighted by Crippen LogP contribution is 2.68. The van der Waals surface area contributed by atoms with Crippen molar-refractivity contribution in [1.29, 1.82) is 0 Å². The van der Waals surface area contributed by atoms with Gasteiger partial charge in [0.15, 0.2) is 0 Å². The molecule has 0 bridgehead atoms. The third-order valence-corrected chi connectivity index (χ3v) is 10.6. The molecule has 4 aliphatic carbocycles. The minimum Gasteiger partial charge on any atom is -0.393 e. The summed E-state index contributed by atoms with van der Waals surface area (Å²) in [7, 11) is 0. The lowest BCUT2D eigenvalue weighted by Gasteiger charge is -2.61. The number of ketones is 1. The summed E-state index contributed by atoms with van der Waals surface area (Å²) in [6.45, 7) is 16.0. The van der Waals surface area contributed by atoms with Crippen LogP contribution in [0.2, 0.25) is 0 Å². The maximum Gasteiger partial charge on any atom is 0.142 e. The van der Waals surface area contributed by atoms with E-state index in [0.717, 1.165) is 25.2 Å². The number of rotatable bonds is 4. The van der Waals surface area contributed by atoms with Crippen LogP contribution in [0.3, 0.4) is 0 Å². The average Bonchev–Trinajstić information content (AvgIpc) is 3.01. The lowest BCUT2D eigenvalue weighted by Crippen LogP contribution is -2.58. The Kier molecular flexibility index (Phi) is 5.90. The lowest BCUT2D eigenvalue weighted by molar-refractivity contribution is -0.144. The van der Waals surface area contributed by atoms with Gasteiger partial charge in [0.2, 0.25) is 0 Å². The van der Waals surface area contributed by atoms with E-state index in [1.807, 2.05) is 0 Å². The number of hydrogen-bond donors (Lipinski definition) is 1. The summed E-state index contributed by atoms with van der Waals surface area (Å²) in [6, 6.07) is 0. The molecular weight excluding hydrogens is 380 g/mol. The molecule has 2 nitrogen and oxygen atoms in total. The minimum atomic E-state index is -0.365. The first kappa shape index (κ1) is 23.3. The van der Waals surface area contributed by atoms with Crippen LogP contribution in [0, 0.1) is 45.8 Å². The molecule has 0 spiro atoms. The number of aliphatic hydroxyl groups excluding tert-OH is 1. The number of allylic oxidation sites excluding steroid dienone is 4. The van der Waals surface area contributed by atoms with Gasteiger partial charge in [0, 0.05) is 11.8 Å². The van der Waals surface area contributed by atoms with Gasteiger partial charge >= 0.3 is 0 Å². The van der Waals surface area contributed by atoms with Crippen molar-refractivity contribution >= 4 is 5.78 Å². The van der Waals surface area contributed by atoms with Crippen molar-refractivity contribution in [2.45, 2.75) is 106 Å². The van der Waals surface area contributed by atoms with Crippen molar-refractivity contribution in [1.82, 2.24) is 0 Å². The molecule has 31 heavy (non-hydrogen) atoms. The zero-order valence-electron chi connectivity index (χ0n) is 21.1. The van der Waals surface area contributed by atoms with Gasteiger partial charge in [-0.1, -0.05) is 44.1 Å². The van der Waals surface area contributed by atoms with Crippen LogP contribution in [0.5, 0.6) is 0 Å². The van der Waals surface area contributed by atoms with E-state index in [4.69, 9.17) is 0 Å². The first-order chi connectivity index (χ1) is 14.4. The normalized spacial score (nSPS) is 44.6. The van der Waals surface area contributed by atoms with Crippen LogP contribution >= 0.6 is 0 Å². The van der Waals surface area contributed by atoms with E-state index in [-0.39, 0.29) is 22.3 Å². The number of carbonyl (C=O) groups is 1. The molecule has 0 aliphatic heterocycles. The average molecular weight is 427 g/mol. The zero-order chi connectivity index (χ0) is 22.8. The number of Topliss-reactive ketones (excluding diaryl/α,β-unsaturated/α-hetero) is 1. The number of fused-ring (bicyclic) bond motifs is 5. The topological polar surface area (TPSA) is 37.3 Å². The van der Waals surface area contributed by atoms with Crippen LogP contribution in [0.25, 0.3) is 0 Å². The summed E-state index contributed by atoms with van der Waals surface area (Å²) in [5.74, 6) is 3.43. The fourth-order valence-corrected chi connectivity index (χ4v) is 9.16. The molecule has 0 aromatic rings. The fourth-order valence-electron chi connectivity index (χ4n) is 9.16. The van der Waals surface area contributed by atoms with E-state index in [1.54, 1.807) is 0 Å². The Morgan fingerprint density at radius 1 is 1.23 bits per heavy atom. The Hall–Kier alpha value is -0.890. The third kappa shape index (κ3) is 3.51.